The van der Waals surface area contributed by atoms with Crippen LogP contribution in [0, 0.1) is 0 Å². The molecule has 1 amide bonds. The molecule has 0 aromatic heterocycles. The van der Waals surface area contributed by atoms with Crippen LogP contribution in [-0.4, -0.2) is 11.9 Å². The Morgan fingerprint density at radius 3 is 2.57 bits per heavy atom. The Kier molecular flexibility index (Phi) is 4.10. The summed E-state index contributed by atoms with van der Waals surface area (Å²) in [5.41, 5.74) is 6.46. The van der Waals surface area contributed by atoms with Crippen molar-refractivity contribution in [1.82, 2.24) is 5.32 Å². The zero-order valence-electron chi connectivity index (χ0n) is 7.96. The summed E-state index contributed by atoms with van der Waals surface area (Å²) in [5.74, 6) is -0.132. The zero-order chi connectivity index (χ0) is 10.6. The molecule has 0 bridgehead atoms. The molecule has 3 N–H and O–H groups in total. The summed E-state index contributed by atoms with van der Waals surface area (Å²) >= 11 is 3.34. The smallest absolute Gasteiger partial charge is 0.236 e. The number of rotatable bonds is 3. The van der Waals surface area contributed by atoms with Crippen molar-refractivity contribution in [2.45, 2.75) is 19.5 Å². The lowest BCUT2D eigenvalue weighted by Crippen LogP contribution is -2.37. The molecule has 76 valence electrons. The fraction of sp³-hybridized carbons (Fsp3) is 0.300. The summed E-state index contributed by atoms with van der Waals surface area (Å²) in [6.07, 6.45) is 0. The highest BCUT2D eigenvalue weighted by Gasteiger charge is 2.05. The Hall–Kier alpha value is -0.870. The van der Waals surface area contributed by atoms with E-state index in [0.717, 1.165) is 10.0 Å². The fourth-order valence-electron chi connectivity index (χ4n) is 0.952. The number of carbonyl (C=O) groups is 1. The lowest BCUT2D eigenvalue weighted by atomic mass is 10.2. The lowest BCUT2D eigenvalue weighted by Gasteiger charge is -2.07. The second kappa shape index (κ2) is 5.12. The van der Waals surface area contributed by atoms with E-state index in [-0.39, 0.29) is 5.91 Å². The van der Waals surface area contributed by atoms with Gasteiger partial charge in [-0.05, 0) is 24.6 Å². The summed E-state index contributed by atoms with van der Waals surface area (Å²) in [6.45, 7) is 2.19. The van der Waals surface area contributed by atoms with E-state index in [1.165, 1.54) is 0 Å². The maximum atomic E-state index is 11.1. The van der Waals surface area contributed by atoms with Crippen LogP contribution in [0.1, 0.15) is 12.5 Å². The minimum atomic E-state index is -0.453. The van der Waals surface area contributed by atoms with E-state index in [0.29, 0.717) is 6.54 Å². The minimum Gasteiger partial charge on any atom is -0.351 e. The lowest BCUT2D eigenvalue weighted by molar-refractivity contribution is -0.122. The summed E-state index contributed by atoms with van der Waals surface area (Å²) in [7, 11) is 0. The van der Waals surface area contributed by atoms with Gasteiger partial charge in [0.2, 0.25) is 5.91 Å². The summed E-state index contributed by atoms with van der Waals surface area (Å²) in [5, 5.41) is 2.74. The maximum absolute atomic E-state index is 11.1. The number of hydrogen-bond acceptors (Lipinski definition) is 2. The number of nitrogens with two attached hydrogens (primary N) is 1. The van der Waals surface area contributed by atoms with Crippen molar-refractivity contribution < 1.29 is 4.79 Å². The van der Waals surface area contributed by atoms with Crippen molar-refractivity contribution in [1.29, 1.82) is 0 Å². The highest BCUT2D eigenvalue weighted by molar-refractivity contribution is 9.10. The van der Waals surface area contributed by atoms with Crippen LogP contribution >= 0.6 is 15.9 Å². The van der Waals surface area contributed by atoms with Crippen molar-refractivity contribution >= 4 is 21.8 Å². The van der Waals surface area contributed by atoms with Gasteiger partial charge in [-0.2, -0.15) is 0 Å². The molecular formula is C10H13BrN2O. The van der Waals surface area contributed by atoms with Crippen LogP contribution in [0.25, 0.3) is 0 Å². The van der Waals surface area contributed by atoms with E-state index in [1.807, 2.05) is 24.3 Å². The second-order valence-electron chi connectivity index (χ2n) is 3.13. The first kappa shape index (κ1) is 11.2. The van der Waals surface area contributed by atoms with Crippen LogP contribution in [0.5, 0.6) is 0 Å². The Labute approximate surface area is 91.8 Å². The third kappa shape index (κ3) is 3.47. The van der Waals surface area contributed by atoms with Crippen LogP contribution < -0.4 is 11.1 Å². The molecule has 4 heteroatoms. The van der Waals surface area contributed by atoms with Gasteiger partial charge in [-0.25, -0.2) is 0 Å². The number of amides is 1. The Balaban J connectivity index is 2.46. The third-order valence-corrected chi connectivity index (χ3v) is 2.32. The molecule has 3 nitrogen and oxygen atoms in total. The minimum absolute atomic E-state index is 0.132. The number of nitrogens with one attached hydrogen (secondary N) is 1. The predicted octanol–water partition coefficient (Wildman–Crippen LogP) is 1.41. The van der Waals surface area contributed by atoms with Crippen molar-refractivity contribution in [2.24, 2.45) is 5.73 Å². The topological polar surface area (TPSA) is 55.1 Å². The summed E-state index contributed by atoms with van der Waals surface area (Å²) < 4.78 is 1.03. The molecule has 1 aromatic carbocycles. The van der Waals surface area contributed by atoms with Gasteiger partial charge in [0.15, 0.2) is 0 Å². The number of carbonyl (C=O) groups excluding carboxylic acids is 1. The Bertz CT molecular complexity index is 308. The molecule has 0 saturated carbocycles. The fourth-order valence-corrected chi connectivity index (χ4v) is 1.22. The number of benzene rings is 1. The second-order valence-corrected chi connectivity index (χ2v) is 4.05. The van der Waals surface area contributed by atoms with E-state index in [2.05, 4.69) is 21.2 Å². The van der Waals surface area contributed by atoms with Gasteiger partial charge in [-0.3, -0.25) is 4.79 Å². The summed E-state index contributed by atoms with van der Waals surface area (Å²) in [4.78, 5) is 11.1. The molecule has 0 fully saturated rings. The molecule has 0 aliphatic rings. The van der Waals surface area contributed by atoms with Gasteiger partial charge in [0, 0.05) is 11.0 Å². The first-order valence-electron chi connectivity index (χ1n) is 4.37. The van der Waals surface area contributed by atoms with Gasteiger partial charge in [-0.15, -0.1) is 0 Å². The summed E-state index contributed by atoms with van der Waals surface area (Å²) in [6, 6.07) is 7.32. The molecule has 0 spiro atoms. The predicted molar refractivity (Wildman–Crippen MR) is 59.6 cm³/mol. The van der Waals surface area contributed by atoms with Crippen molar-refractivity contribution in [3.05, 3.63) is 34.3 Å². The standard InChI is InChI=1S/C10H13BrN2O/c1-7(12)10(14)13-6-8-2-4-9(11)5-3-8/h2-5,7H,6,12H2,1H3,(H,13,14)/t7-/m1/s1. The van der Waals surface area contributed by atoms with Crippen LogP contribution in [0.3, 0.4) is 0 Å². The highest BCUT2D eigenvalue weighted by atomic mass is 79.9. The van der Waals surface area contributed by atoms with E-state index in [4.69, 9.17) is 5.73 Å². The normalized spacial score (nSPS) is 12.2. The van der Waals surface area contributed by atoms with Gasteiger partial charge in [0.25, 0.3) is 0 Å². The first-order valence-corrected chi connectivity index (χ1v) is 5.16. The number of hydrogen-bond donors (Lipinski definition) is 2. The molecule has 1 atom stereocenters. The van der Waals surface area contributed by atoms with E-state index in [9.17, 15) is 4.79 Å². The first-order chi connectivity index (χ1) is 6.59. The third-order valence-electron chi connectivity index (χ3n) is 1.79. The molecule has 0 radical (unpaired) electrons. The van der Waals surface area contributed by atoms with Gasteiger partial charge in [0.05, 0.1) is 6.04 Å². The quantitative estimate of drug-likeness (QED) is 0.860. The SMILES string of the molecule is C[C@@H](N)C(=O)NCc1ccc(Br)cc1. The molecule has 1 aromatic rings. The molecule has 0 unspecified atom stereocenters. The van der Waals surface area contributed by atoms with Crippen molar-refractivity contribution in [3.8, 4) is 0 Å². The number of halogens is 1. The molecule has 0 aliphatic heterocycles. The Morgan fingerprint density at radius 2 is 2.07 bits per heavy atom. The van der Waals surface area contributed by atoms with E-state index < -0.39 is 6.04 Å². The van der Waals surface area contributed by atoms with E-state index >= 15 is 0 Å². The molecule has 14 heavy (non-hydrogen) atoms. The molecular weight excluding hydrogens is 244 g/mol. The molecule has 0 heterocycles. The molecule has 0 aliphatic carbocycles. The van der Waals surface area contributed by atoms with Gasteiger partial charge >= 0.3 is 0 Å². The van der Waals surface area contributed by atoms with Crippen molar-refractivity contribution in [3.63, 3.8) is 0 Å². The van der Waals surface area contributed by atoms with Crippen LogP contribution in [0.2, 0.25) is 0 Å². The van der Waals surface area contributed by atoms with Crippen LogP contribution in [-0.2, 0) is 11.3 Å². The van der Waals surface area contributed by atoms with Crippen LogP contribution in [0.4, 0.5) is 0 Å². The average Bonchev–Trinajstić information content (AvgIpc) is 2.16. The monoisotopic (exact) mass is 256 g/mol. The maximum Gasteiger partial charge on any atom is 0.236 e. The molecule has 0 saturated heterocycles. The van der Waals surface area contributed by atoms with Gasteiger partial charge < -0.3 is 11.1 Å². The average molecular weight is 257 g/mol. The van der Waals surface area contributed by atoms with Crippen molar-refractivity contribution in [2.75, 3.05) is 0 Å². The largest absolute Gasteiger partial charge is 0.351 e. The molecule has 1 rings (SSSR count). The highest BCUT2D eigenvalue weighted by Crippen LogP contribution is 2.10. The van der Waals surface area contributed by atoms with Gasteiger partial charge in [0.1, 0.15) is 0 Å². The van der Waals surface area contributed by atoms with E-state index in [1.54, 1.807) is 6.92 Å². The van der Waals surface area contributed by atoms with Crippen LogP contribution in [0.15, 0.2) is 28.7 Å². The van der Waals surface area contributed by atoms with Gasteiger partial charge in [-0.1, -0.05) is 28.1 Å². The Morgan fingerprint density at radius 1 is 1.50 bits per heavy atom. The zero-order valence-corrected chi connectivity index (χ0v) is 9.54.